The molecular weight excluding hydrogens is 442 g/mol. The third-order valence-corrected chi connectivity index (χ3v) is 6.90. The number of anilines is 1. The van der Waals surface area contributed by atoms with Crippen LogP contribution in [0.5, 0.6) is 5.75 Å². The van der Waals surface area contributed by atoms with Gasteiger partial charge in [-0.1, -0.05) is 0 Å². The van der Waals surface area contributed by atoms with Gasteiger partial charge in [-0.25, -0.2) is 4.79 Å². The van der Waals surface area contributed by atoms with Crippen LogP contribution < -0.4 is 15.8 Å². The number of rotatable bonds is 5. The van der Waals surface area contributed by atoms with Crippen molar-refractivity contribution in [3.8, 4) is 5.75 Å². The number of amides is 2. The van der Waals surface area contributed by atoms with Gasteiger partial charge in [0.2, 0.25) is 5.91 Å². The van der Waals surface area contributed by atoms with Gasteiger partial charge in [0.25, 0.3) is 5.91 Å². The third kappa shape index (κ3) is 4.11. The first-order valence-corrected chi connectivity index (χ1v) is 11.7. The number of ether oxygens (including phenoxy) is 1. The summed E-state index contributed by atoms with van der Waals surface area (Å²) in [7, 11) is 1.61. The Kier molecular flexibility index (Phi) is 5.63. The van der Waals surface area contributed by atoms with Crippen LogP contribution in [0.25, 0.3) is 21.2 Å². The molecule has 5 rings (SSSR count). The molecule has 33 heavy (non-hydrogen) atoms. The fourth-order valence-corrected chi connectivity index (χ4v) is 5.15. The number of piperidine rings is 1. The van der Waals surface area contributed by atoms with Crippen LogP contribution in [0, 0.1) is 0 Å². The smallest absolute Gasteiger partial charge is 0.420 e. The van der Waals surface area contributed by atoms with Crippen LogP contribution in [-0.4, -0.2) is 41.5 Å². The molecule has 0 spiro atoms. The first kappa shape index (κ1) is 21.3. The maximum atomic E-state index is 13.0. The molecule has 1 fully saturated rings. The fourth-order valence-electron chi connectivity index (χ4n) is 4.18. The number of nitrogens with zero attached hydrogens (tertiary/aromatic N) is 2. The van der Waals surface area contributed by atoms with E-state index >= 15 is 0 Å². The van der Waals surface area contributed by atoms with Gasteiger partial charge in [0, 0.05) is 34.2 Å². The predicted octanol–water partition coefficient (Wildman–Crippen LogP) is 4.08. The van der Waals surface area contributed by atoms with E-state index in [1.165, 1.54) is 15.9 Å². The third-order valence-electron chi connectivity index (χ3n) is 5.95. The Morgan fingerprint density at radius 2 is 1.94 bits per heavy atom. The van der Waals surface area contributed by atoms with E-state index < -0.39 is 5.76 Å². The zero-order chi connectivity index (χ0) is 22.9. The van der Waals surface area contributed by atoms with Crippen LogP contribution in [0.2, 0.25) is 0 Å². The van der Waals surface area contributed by atoms with E-state index in [-0.39, 0.29) is 18.4 Å². The first-order chi connectivity index (χ1) is 16.0. The Morgan fingerprint density at radius 1 is 1.12 bits per heavy atom. The van der Waals surface area contributed by atoms with Crippen LogP contribution >= 0.6 is 11.3 Å². The number of fused-ring (bicyclic) bond motifs is 2. The minimum atomic E-state index is -0.586. The lowest BCUT2D eigenvalue weighted by molar-refractivity contribution is -0.132. The summed E-state index contributed by atoms with van der Waals surface area (Å²) in [6, 6.07) is 10.6. The van der Waals surface area contributed by atoms with Crippen LogP contribution in [0.1, 0.15) is 29.6 Å². The second kappa shape index (κ2) is 8.74. The van der Waals surface area contributed by atoms with Gasteiger partial charge in [0.15, 0.2) is 5.58 Å². The number of thiophene rings is 1. The molecule has 0 unspecified atom stereocenters. The van der Waals surface area contributed by atoms with E-state index in [2.05, 4.69) is 5.32 Å². The van der Waals surface area contributed by atoms with Gasteiger partial charge in [-0.2, -0.15) is 0 Å². The molecule has 3 heterocycles. The number of likely N-dealkylation sites (tertiary alicyclic amines) is 1. The van der Waals surface area contributed by atoms with Crippen LogP contribution in [0.4, 0.5) is 5.69 Å². The maximum absolute atomic E-state index is 13.0. The van der Waals surface area contributed by atoms with Crippen molar-refractivity contribution in [1.82, 2.24) is 9.47 Å². The molecule has 0 radical (unpaired) electrons. The molecule has 1 aliphatic rings. The molecule has 0 bridgehead atoms. The number of nitrogens with one attached hydrogen (secondary N) is 1. The van der Waals surface area contributed by atoms with Gasteiger partial charge in [-0.15, -0.1) is 11.3 Å². The number of benzene rings is 2. The lowest BCUT2D eigenvalue weighted by Crippen LogP contribution is -2.39. The summed E-state index contributed by atoms with van der Waals surface area (Å²) in [6.07, 6.45) is 3.08. The van der Waals surface area contributed by atoms with E-state index in [4.69, 9.17) is 9.15 Å². The van der Waals surface area contributed by atoms with Gasteiger partial charge in [-0.05, 0) is 55.7 Å². The summed E-state index contributed by atoms with van der Waals surface area (Å²) >= 11 is 1.47. The highest BCUT2D eigenvalue weighted by Gasteiger charge is 2.20. The van der Waals surface area contributed by atoms with Crippen molar-refractivity contribution in [2.45, 2.75) is 25.8 Å². The van der Waals surface area contributed by atoms with Gasteiger partial charge >= 0.3 is 5.76 Å². The summed E-state index contributed by atoms with van der Waals surface area (Å²) in [5.74, 6) is -0.211. The molecule has 0 aliphatic carbocycles. The Balaban J connectivity index is 1.40. The van der Waals surface area contributed by atoms with Crippen LogP contribution in [0.15, 0.2) is 51.0 Å². The topological polar surface area (TPSA) is 93.8 Å². The SMILES string of the molecule is COc1ccc2c(C(=O)Nc3ccc4oc(=O)n(CC(=O)N5CCCCC5)c4c3)csc2c1. The Hall–Kier alpha value is -3.59. The van der Waals surface area contributed by atoms with Crippen LogP contribution in [0.3, 0.4) is 0 Å². The molecule has 1 N–H and O–H groups in total. The number of oxazole rings is 1. The standard InChI is InChI=1S/C24H23N3O5S/c1-31-16-6-7-17-18(14-33-21(17)12-16)23(29)25-15-5-8-20-19(11-15)27(24(30)32-20)13-22(28)26-9-3-2-4-10-26/h5-8,11-12,14H,2-4,9-10,13H2,1H3,(H,25,29). The van der Waals surface area contributed by atoms with Gasteiger partial charge in [-0.3, -0.25) is 14.2 Å². The van der Waals surface area contributed by atoms with Crippen molar-refractivity contribution >= 4 is 50.0 Å². The predicted molar refractivity (Wildman–Crippen MR) is 127 cm³/mol. The Bertz CT molecular complexity index is 1410. The zero-order valence-corrected chi connectivity index (χ0v) is 18.9. The van der Waals surface area contributed by atoms with E-state index in [0.717, 1.165) is 35.1 Å². The molecule has 0 saturated carbocycles. The molecule has 170 valence electrons. The Morgan fingerprint density at radius 3 is 2.73 bits per heavy atom. The lowest BCUT2D eigenvalue weighted by atomic mass is 10.1. The van der Waals surface area contributed by atoms with Crippen molar-refractivity contribution in [2.24, 2.45) is 0 Å². The molecule has 4 aromatic rings. The highest BCUT2D eigenvalue weighted by molar-refractivity contribution is 7.17. The average molecular weight is 466 g/mol. The minimum Gasteiger partial charge on any atom is -0.497 e. The molecule has 0 atom stereocenters. The highest BCUT2D eigenvalue weighted by atomic mass is 32.1. The highest BCUT2D eigenvalue weighted by Crippen LogP contribution is 2.30. The summed E-state index contributed by atoms with van der Waals surface area (Å²) < 4.78 is 12.8. The molecule has 9 heteroatoms. The molecule has 1 saturated heterocycles. The summed E-state index contributed by atoms with van der Waals surface area (Å²) in [5, 5.41) is 5.54. The summed E-state index contributed by atoms with van der Waals surface area (Å²) in [6.45, 7) is 1.34. The average Bonchev–Trinajstić information content (AvgIpc) is 3.40. The minimum absolute atomic E-state index is 0.0831. The van der Waals surface area contributed by atoms with Crippen molar-refractivity contribution in [3.05, 3.63) is 57.9 Å². The molecule has 1 aliphatic heterocycles. The molecule has 2 amide bonds. The van der Waals surface area contributed by atoms with E-state index in [1.54, 1.807) is 30.2 Å². The van der Waals surface area contributed by atoms with Gasteiger partial charge in [0.05, 0.1) is 18.2 Å². The van der Waals surface area contributed by atoms with Gasteiger partial charge in [0.1, 0.15) is 12.3 Å². The maximum Gasteiger partial charge on any atom is 0.420 e. The van der Waals surface area contributed by atoms with E-state index in [0.29, 0.717) is 35.4 Å². The number of aromatic nitrogens is 1. The number of hydrogen-bond donors (Lipinski definition) is 1. The number of carbonyl (C=O) groups excluding carboxylic acids is 2. The monoisotopic (exact) mass is 465 g/mol. The molecular formula is C24H23N3O5S. The molecule has 8 nitrogen and oxygen atoms in total. The lowest BCUT2D eigenvalue weighted by Gasteiger charge is -2.26. The second-order valence-electron chi connectivity index (χ2n) is 8.04. The Labute approximate surface area is 193 Å². The van der Waals surface area contributed by atoms with Crippen LogP contribution in [-0.2, 0) is 11.3 Å². The molecule has 2 aromatic heterocycles. The van der Waals surface area contributed by atoms with Crippen molar-refractivity contribution < 1.29 is 18.7 Å². The van der Waals surface area contributed by atoms with Crippen molar-refractivity contribution in [1.29, 1.82) is 0 Å². The van der Waals surface area contributed by atoms with Crippen molar-refractivity contribution in [2.75, 3.05) is 25.5 Å². The van der Waals surface area contributed by atoms with E-state index in [1.807, 2.05) is 23.6 Å². The summed E-state index contributed by atoms with van der Waals surface area (Å²) in [4.78, 5) is 39.9. The zero-order valence-electron chi connectivity index (χ0n) is 18.1. The van der Waals surface area contributed by atoms with Crippen molar-refractivity contribution in [3.63, 3.8) is 0 Å². The molecule has 2 aromatic carbocycles. The normalized spacial score (nSPS) is 14.0. The summed E-state index contributed by atoms with van der Waals surface area (Å²) in [5.41, 5.74) is 1.92. The number of hydrogen-bond acceptors (Lipinski definition) is 6. The van der Waals surface area contributed by atoms with E-state index in [9.17, 15) is 14.4 Å². The quantitative estimate of drug-likeness (QED) is 0.479. The first-order valence-electron chi connectivity index (χ1n) is 10.8. The largest absolute Gasteiger partial charge is 0.497 e. The van der Waals surface area contributed by atoms with Gasteiger partial charge < -0.3 is 19.4 Å². The number of methoxy groups -OCH3 is 1. The number of carbonyl (C=O) groups is 2. The second-order valence-corrected chi connectivity index (χ2v) is 8.95. The fraction of sp³-hybridized carbons (Fsp3) is 0.292.